The van der Waals surface area contributed by atoms with E-state index in [2.05, 4.69) is 0 Å². The number of aliphatic carboxylic acids is 1. The Balaban J connectivity index is 2.75. The number of carbonyl (C=O) groups is 1. The molecule has 0 aliphatic carbocycles. The summed E-state index contributed by atoms with van der Waals surface area (Å²) in [6, 6.07) is 3.27. The van der Waals surface area contributed by atoms with Crippen molar-refractivity contribution in [3.05, 3.63) is 24.5 Å². The molecule has 0 saturated carbocycles. The van der Waals surface area contributed by atoms with E-state index in [-0.39, 0.29) is 0 Å². The van der Waals surface area contributed by atoms with Crippen molar-refractivity contribution < 1.29 is 9.90 Å². The number of carboxylic acids is 1. The lowest BCUT2D eigenvalue weighted by Crippen LogP contribution is -2.19. The minimum absolute atomic E-state index is 0.392. The van der Waals surface area contributed by atoms with Crippen molar-refractivity contribution in [3.63, 3.8) is 0 Å². The Labute approximate surface area is 78.0 Å². The molecule has 0 unspecified atom stereocenters. The van der Waals surface area contributed by atoms with Crippen molar-refractivity contribution in [2.24, 2.45) is 5.92 Å². The molecule has 72 valence electrons. The first-order valence-corrected chi connectivity index (χ1v) is 4.46. The van der Waals surface area contributed by atoms with E-state index < -0.39 is 12.0 Å². The van der Waals surface area contributed by atoms with E-state index in [1.165, 1.54) is 0 Å². The molecule has 0 aliphatic rings. The van der Waals surface area contributed by atoms with Gasteiger partial charge in [0.25, 0.3) is 0 Å². The van der Waals surface area contributed by atoms with E-state index in [1.807, 2.05) is 26.0 Å². The Morgan fingerprint density at radius 1 is 1.38 bits per heavy atom. The third kappa shape index (κ3) is 2.61. The molecule has 0 radical (unpaired) electrons. The molecule has 1 aromatic heterocycles. The van der Waals surface area contributed by atoms with Crippen LogP contribution in [-0.2, 0) is 4.79 Å². The van der Waals surface area contributed by atoms with Crippen LogP contribution in [0.5, 0.6) is 0 Å². The van der Waals surface area contributed by atoms with Crippen LogP contribution in [0.3, 0.4) is 0 Å². The predicted octanol–water partition coefficient (Wildman–Crippen LogP) is 2.16. The van der Waals surface area contributed by atoms with Gasteiger partial charge in [0.15, 0.2) is 0 Å². The van der Waals surface area contributed by atoms with E-state index >= 15 is 0 Å². The van der Waals surface area contributed by atoms with Gasteiger partial charge < -0.3 is 9.67 Å². The van der Waals surface area contributed by atoms with Crippen LogP contribution in [0.2, 0.25) is 0 Å². The quantitative estimate of drug-likeness (QED) is 0.773. The Hall–Kier alpha value is -1.25. The van der Waals surface area contributed by atoms with Gasteiger partial charge in [0, 0.05) is 12.4 Å². The fourth-order valence-electron chi connectivity index (χ4n) is 1.35. The molecule has 13 heavy (non-hydrogen) atoms. The molecule has 1 atom stereocenters. The highest BCUT2D eigenvalue weighted by Crippen LogP contribution is 2.17. The monoisotopic (exact) mass is 181 g/mol. The van der Waals surface area contributed by atoms with E-state index in [4.69, 9.17) is 5.11 Å². The minimum atomic E-state index is -0.759. The molecule has 0 bridgehead atoms. The maximum Gasteiger partial charge on any atom is 0.326 e. The van der Waals surface area contributed by atoms with Gasteiger partial charge in [-0.3, -0.25) is 0 Å². The summed E-state index contributed by atoms with van der Waals surface area (Å²) in [6.07, 6.45) is 4.26. The van der Waals surface area contributed by atoms with Crippen LogP contribution >= 0.6 is 0 Å². The normalized spacial score (nSPS) is 13.2. The Kier molecular flexibility index (Phi) is 3.12. The molecule has 0 spiro atoms. The summed E-state index contributed by atoms with van der Waals surface area (Å²) >= 11 is 0. The van der Waals surface area contributed by atoms with Gasteiger partial charge in [-0.25, -0.2) is 4.79 Å². The van der Waals surface area contributed by atoms with E-state index in [9.17, 15) is 4.79 Å². The largest absolute Gasteiger partial charge is 0.480 e. The highest BCUT2D eigenvalue weighted by molar-refractivity contribution is 5.71. The summed E-state index contributed by atoms with van der Waals surface area (Å²) in [5.74, 6) is -0.367. The smallest absolute Gasteiger partial charge is 0.326 e. The second-order valence-electron chi connectivity index (χ2n) is 3.61. The van der Waals surface area contributed by atoms with Gasteiger partial charge in [-0.1, -0.05) is 13.8 Å². The summed E-state index contributed by atoms with van der Waals surface area (Å²) in [5, 5.41) is 8.97. The van der Waals surface area contributed by atoms with Gasteiger partial charge in [-0.15, -0.1) is 0 Å². The maximum atomic E-state index is 10.9. The number of hydrogen-bond acceptors (Lipinski definition) is 1. The van der Waals surface area contributed by atoms with Crippen LogP contribution in [0.1, 0.15) is 26.3 Å². The lowest BCUT2D eigenvalue weighted by molar-refractivity contribution is -0.141. The Morgan fingerprint density at radius 2 is 1.92 bits per heavy atom. The molecule has 0 saturated heterocycles. The first-order valence-electron chi connectivity index (χ1n) is 4.46. The molecular weight excluding hydrogens is 166 g/mol. The Bertz CT molecular complexity index is 264. The van der Waals surface area contributed by atoms with Crippen LogP contribution in [0.15, 0.2) is 24.5 Å². The first kappa shape index (κ1) is 9.84. The zero-order valence-corrected chi connectivity index (χ0v) is 7.97. The molecule has 0 aromatic carbocycles. The van der Waals surface area contributed by atoms with Crippen LogP contribution in [0.25, 0.3) is 0 Å². The number of rotatable bonds is 4. The van der Waals surface area contributed by atoms with Gasteiger partial charge >= 0.3 is 5.97 Å². The number of hydrogen-bond donors (Lipinski definition) is 1. The van der Waals surface area contributed by atoms with E-state index in [1.54, 1.807) is 17.0 Å². The fraction of sp³-hybridized carbons (Fsp3) is 0.500. The minimum Gasteiger partial charge on any atom is -0.480 e. The molecular formula is C10H15NO2. The molecule has 1 rings (SSSR count). The lowest BCUT2D eigenvalue weighted by atomic mass is 10.0. The average molecular weight is 181 g/mol. The molecule has 3 heteroatoms. The summed E-state index contributed by atoms with van der Waals surface area (Å²) in [4.78, 5) is 10.9. The summed E-state index contributed by atoms with van der Waals surface area (Å²) < 4.78 is 1.74. The first-order chi connectivity index (χ1) is 6.11. The third-order valence-corrected chi connectivity index (χ3v) is 1.97. The van der Waals surface area contributed by atoms with E-state index in [0.717, 1.165) is 0 Å². The van der Waals surface area contributed by atoms with Crippen molar-refractivity contribution in [2.75, 3.05) is 0 Å². The number of nitrogens with zero attached hydrogens (tertiary/aromatic N) is 1. The molecule has 0 amide bonds. The van der Waals surface area contributed by atoms with Gasteiger partial charge in [0.2, 0.25) is 0 Å². The second kappa shape index (κ2) is 4.12. The molecule has 1 heterocycles. The zero-order chi connectivity index (χ0) is 9.84. The highest BCUT2D eigenvalue weighted by Gasteiger charge is 2.19. The SMILES string of the molecule is CC(C)C[C@H](C(=O)O)n1cccc1. The molecule has 3 nitrogen and oxygen atoms in total. The number of aromatic nitrogens is 1. The van der Waals surface area contributed by atoms with Gasteiger partial charge in [0.1, 0.15) is 6.04 Å². The average Bonchev–Trinajstić information content (AvgIpc) is 2.50. The fourth-order valence-corrected chi connectivity index (χ4v) is 1.35. The van der Waals surface area contributed by atoms with Crippen molar-refractivity contribution >= 4 is 5.97 Å². The van der Waals surface area contributed by atoms with Gasteiger partial charge in [-0.2, -0.15) is 0 Å². The summed E-state index contributed by atoms with van der Waals surface area (Å²) in [7, 11) is 0. The van der Waals surface area contributed by atoms with Crippen molar-refractivity contribution in [2.45, 2.75) is 26.3 Å². The van der Waals surface area contributed by atoms with Gasteiger partial charge in [0.05, 0.1) is 0 Å². The zero-order valence-electron chi connectivity index (χ0n) is 7.97. The molecule has 0 fully saturated rings. The summed E-state index contributed by atoms with van der Waals surface area (Å²) in [5.41, 5.74) is 0. The summed E-state index contributed by atoms with van der Waals surface area (Å²) in [6.45, 7) is 4.05. The second-order valence-corrected chi connectivity index (χ2v) is 3.61. The molecule has 0 aliphatic heterocycles. The maximum absolute atomic E-state index is 10.9. The van der Waals surface area contributed by atoms with E-state index in [0.29, 0.717) is 12.3 Å². The van der Waals surface area contributed by atoms with Crippen LogP contribution in [0, 0.1) is 5.92 Å². The highest BCUT2D eigenvalue weighted by atomic mass is 16.4. The van der Waals surface area contributed by atoms with Crippen LogP contribution in [0.4, 0.5) is 0 Å². The van der Waals surface area contributed by atoms with Crippen LogP contribution in [-0.4, -0.2) is 15.6 Å². The number of carboxylic acid groups (broad SMARTS) is 1. The van der Waals surface area contributed by atoms with Crippen LogP contribution < -0.4 is 0 Å². The molecule has 1 N–H and O–H groups in total. The predicted molar refractivity (Wildman–Crippen MR) is 50.6 cm³/mol. The Morgan fingerprint density at radius 3 is 2.31 bits per heavy atom. The van der Waals surface area contributed by atoms with Gasteiger partial charge in [-0.05, 0) is 24.5 Å². The lowest BCUT2D eigenvalue weighted by Gasteiger charge is -2.16. The van der Waals surface area contributed by atoms with Crippen molar-refractivity contribution in [3.8, 4) is 0 Å². The van der Waals surface area contributed by atoms with Crippen molar-refractivity contribution in [1.82, 2.24) is 4.57 Å². The molecule has 1 aromatic rings. The standard InChI is InChI=1S/C10H15NO2/c1-8(2)7-9(10(12)13)11-5-3-4-6-11/h3-6,8-9H,7H2,1-2H3,(H,12,13)/t9-/m1/s1. The van der Waals surface area contributed by atoms with Crippen molar-refractivity contribution in [1.29, 1.82) is 0 Å². The topological polar surface area (TPSA) is 42.2 Å². The third-order valence-electron chi connectivity index (χ3n) is 1.97.